The Morgan fingerprint density at radius 2 is 1.78 bits per heavy atom. The molecule has 1 heterocycles. The van der Waals surface area contributed by atoms with Crippen molar-refractivity contribution < 1.29 is 28.9 Å². The van der Waals surface area contributed by atoms with E-state index in [1.54, 1.807) is 24.3 Å². The molecule has 1 N–H and O–H groups in total. The molecular formula is C27H31Cl2NO6. The van der Waals surface area contributed by atoms with E-state index in [0.717, 1.165) is 12.8 Å². The van der Waals surface area contributed by atoms with Crippen molar-refractivity contribution in [3.8, 4) is 17.2 Å². The average Bonchev–Trinajstić information content (AvgIpc) is 3.08. The van der Waals surface area contributed by atoms with Gasteiger partial charge in [0.25, 0.3) is 11.7 Å². The van der Waals surface area contributed by atoms with E-state index in [1.807, 2.05) is 13.8 Å². The van der Waals surface area contributed by atoms with Crippen LogP contribution >= 0.6 is 23.2 Å². The highest BCUT2D eigenvalue weighted by Crippen LogP contribution is 2.47. The topological polar surface area (TPSA) is 85.3 Å². The van der Waals surface area contributed by atoms with Gasteiger partial charge >= 0.3 is 0 Å². The zero-order valence-corrected chi connectivity index (χ0v) is 22.6. The van der Waals surface area contributed by atoms with Gasteiger partial charge in [0, 0.05) is 6.54 Å². The highest BCUT2D eigenvalue weighted by atomic mass is 35.5. The summed E-state index contributed by atoms with van der Waals surface area (Å²) in [7, 11) is 2.78. The summed E-state index contributed by atoms with van der Waals surface area (Å²) >= 11 is 12.8. The van der Waals surface area contributed by atoms with Gasteiger partial charge in [-0.3, -0.25) is 9.59 Å². The van der Waals surface area contributed by atoms with Crippen LogP contribution in [0.1, 0.15) is 57.2 Å². The Bertz CT molecular complexity index is 1180. The first-order valence-corrected chi connectivity index (χ1v) is 12.6. The van der Waals surface area contributed by atoms with Crippen molar-refractivity contribution in [2.45, 2.75) is 52.2 Å². The minimum atomic E-state index is -0.832. The number of benzene rings is 2. The molecule has 1 saturated heterocycles. The third kappa shape index (κ3) is 5.42. The fourth-order valence-corrected chi connectivity index (χ4v) is 5.00. The lowest BCUT2D eigenvalue weighted by Gasteiger charge is -2.26. The number of ketones is 1. The number of methoxy groups -OCH3 is 2. The van der Waals surface area contributed by atoms with E-state index in [0.29, 0.717) is 24.3 Å². The molecule has 1 aliphatic heterocycles. The summed E-state index contributed by atoms with van der Waals surface area (Å²) in [6.45, 7) is 6.23. The third-order valence-electron chi connectivity index (χ3n) is 5.88. The van der Waals surface area contributed by atoms with Crippen molar-refractivity contribution in [1.29, 1.82) is 0 Å². The Morgan fingerprint density at radius 3 is 2.39 bits per heavy atom. The normalized spacial score (nSPS) is 17.1. The maximum atomic E-state index is 13.3. The number of likely N-dealkylation sites (tertiary alicyclic amines) is 1. The van der Waals surface area contributed by atoms with Gasteiger partial charge in [0.05, 0.1) is 42.5 Å². The number of hydrogen-bond donors (Lipinski definition) is 1. The van der Waals surface area contributed by atoms with Crippen LogP contribution in [-0.4, -0.2) is 48.6 Å². The van der Waals surface area contributed by atoms with Crippen molar-refractivity contribution in [2.75, 3.05) is 20.8 Å². The maximum Gasteiger partial charge on any atom is 0.295 e. The number of rotatable bonds is 10. The first-order chi connectivity index (χ1) is 17.2. The molecule has 194 valence electrons. The molecule has 1 aliphatic rings. The van der Waals surface area contributed by atoms with Crippen LogP contribution in [0.3, 0.4) is 0 Å². The van der Waals surface area contributed by atoms with E-state index in [-0.39, 0.29) is 38.8 Å². The highest BCUT2D eigenvalue weighted by Gasteiger charge is 2.46. The second-order valence-electron chi connectivity index (χ2n) is 8.73. The van der Waals surface area contributed by atoms with Gasteiger partial charge in [0.1, 0.15) is 16.5 Å². The Kier molecular flexibility index (Phi) is 9.14. The third-order valence-corrected chi connectivity index (χ3v) is 6.51. The quantitative estimate of drug-likeness (QED) is 0.164. The smallest absolute Gasteiger partial charge is 0.295 e. The van der Waals surface area contributed by atoms with E-state index in [4.69, 9.17) is 37.4 Å². The minimum Gasteiger partial charge on any atom is -0.507 e. The molecule has 36 heavy (non-hydrogen) atoms. The van der Waals surface area contributed by atoms with E-state index >= 15 is 0 Å². The molecule has 7 nitrogen and oxygen atoms in total. The van der Waals surface area contributed by atoms with Gasteiger partial charge in [-0.2, -0.15) is 0 Å². The zero-order chi connectivity index (χ0) is 26.6. The molecule has 1 fully saturated rings. The number of amides is 1. The second-order valence-corrected chi connectivity index (χ2v) is 9.51. The van der Waals surface area contributed by atoms with Crippen LogP contribution in [0.2, 0.25) is 10.0 Å². The van der Waals surface area contributed by atoms with Gasteiger partial charge in [-0.15, -0.1) is 0 Å². The highest BCUT2D eigenvalue weighted by molar-refractivity contribution is 6.47. The van der Waals surface area contributed by atoms with Crippen LogP contribution in [0.4, 0.5) is 0 Å². The minimum absolute atomic E-state index is 0.0371. The Hall–Kier alpha value is -2.90. The molecule has 3 rings (SSSR count). The molecule has 2 aromatic carbocycles. The molecule has 0 saturated carbocycles. The number of Topliss-reactive ketones (excluding diaryl/α,β-unsaturated/α-hetero) is 1. The molecule has 2 aromatic rings. The van der Waals surface area contributed by atoms with Crippen LogP contribution in [0.25, 0.3) is 5.76 Å². The molecule has 0 aliphatic carbocycles. The Labute approximate surface area is 221 Å². The number of hydrogen-bond acceptors (Lipinski definition) is 6. The average molecular weight is 536 g/mol. The van der Waals surface area contributed by atoms with Crippen molar-refractivity contribution in [3.05, 3.63) is 57.1 Å². The van der Waals surface area contributed by atoms with Gasteiger partial charge in [0.15, 0.2) is 11.5 Å². The maximum absolute atomic E-state index is 13.3. The van der Waals surface area contributed by atoms with Gasteiger partial charge in [0.2, 0.25) is 0 Å². The van der Waals surface area contributed by atoms with E-state index < -0.39 is 23.5 Å². The molecule has 1 unspecified atom stereocenters. The molecule has 0 bridgehead atoms. The largest absolute Gasteiger partial charge is 0.507 e. The van der Waals surface area contributed by atoms with E-state index in [2.05, 4.69) is 6.92 Å². The van der Waals surface area contributed by atoms with Crippen LogP contribution in [0.5, 0.6) is 17.2 Å². The lowest BCUT2D eigenvalue weighted by Crippen LogP contribution is -2.30. The summed E-state index contributed by atoms with van der Waals surface area (Å²) in [5.41, 5.74) is 0.642. The van der Waals surface area contributed by atoms with Gasteiger partial charge in [-0.25, -0.2) is 0 Å². The van der Waals surface area contributed by atoms with E-state index in [9.17, 15) is 14.7 Å². The predicted molar refractivity (Wildman–Crippen MR) is 140 cm³/mol. The Morgan fingerprint density at radius 1 is 1.08 bits per heavy atom. The summed E-state index contributed by atoms with van der Waals surface area (Å²) in [5.74, 6) is -1.08. The standard InChI is InChI=1S/C27H31Cl2NO6/c1-6-7-8-12-30-22(16-10-9-11-17(13-16)36-15(2)3)20(24(32)27(30)33)23(31)18-14-19(28)26(35-5)21(29)25(18)34-4/h9-11,13-15,22,31H,6-8,12H2,1-5H3/b23-20+. The number of halogens is 2. The van der Waals surface area contributed by atoms with Crippen LogP contribution < -0.4 is 14.2 Å². The fraction of sp³-hybridized carbons (Fsp3) is 0.407. The molecule has 9 heteroatoms. The molecular weight excluding hydrogens is 505 g/mol. The van der Waals surface area contributed by atoms with Crippen molar-refractivity contribution in [1.82, 2.24) is 4.90 Å². The number of nitrogens with zero attached hydrogens (tertiary/aromatic N) is 1. The first-order valence-electron chi connectivity index (χ1n) is 11.8. The van der Waals surface area contributed by atoms with Crippen LogP contribution in [0.15, 0.2) is 35.9 Å². The summed E-state index contributed by atoms with van der Waals surface area (Å²) in [6.07, 6.45) is 2.49. The lowest BCUT2D eigenvalue weighted by atomic mass is 9.94. The van der Waals surface area contributed by atoms with Gasteiger partial charge < -0.3 is 24.2 Å². The molecule has 1 amide bonds. The van der Waals surface area contributed by atoms with Crippen LogP contribution in [0, 0.1) is 0 Å². The van der Waals surface area contributed by atoms with Crippen molar-refractivity contribution in [2.24, 2.45) is 0 Å². The number of ether oxygens (including phenoxy) is 3. The second kappa shape index (κ2) is 11.9. The molecule has 1 atom stereocenters. The number of carbonyl (C=O) groups is 2. The van der Waals surface area contributed by atoms with E-state index in [1.165, 1.54) is 25.2 Å². The Balaban J connectivity index is 2.25. The summed E-state index contributed by atoms with van der Waals surface area (Å²) < 4.78 is 16.5. The number of unbranched alkanes of at least 4 members (excludes halogenated alkanes) is 2. The molecule has 0 spiro atoms. The van der Waals surface area contributed by atoms with Gasteiger partial charge in [-0.1, -0.05) is 55.1 Å². The zero-order valence-electron chi connectivity index (χ0n) is 21.1. The summed E-state index contributed by atoms with van der Waals surface area (Å²) in [5, 5.41) is 11.6. The number of aliphatic hydroxyl groups is 1. The fourth-order valence-electron chi connectivity index (χ4n) is 4.31. The van der Waals surface area contributed by atoms with Crippen LogP contribution in [-0.2, 0) is 9.59 Å². The number of aliphatic hydroxyl groups excluding tert-OH is 1. The van der Waals surface area contributed by atoms with Crippen molar-refractivity contribution >= 4 is 40.7 Å². The summed E-state index contributed by atoms with van der Waals surface area (Å²) in [4.78, 5) is 28.0. The van der Waals surface area contributed by atoms with Crippen molar-refractivity contribution in [3.63, 3.8) is 0 Å². The monoisotopic (exact) mass is 535 g/mol. The number of carbonyl (C=O) groups excluding carboxylic acids is 2. The molecule has 0 radical (unpaired) electrons. The predicted octanol–water partition coefficient (Wildman–Crippen LogP) is 6.41. The first kappa shape index (κ1) is 27.7. The SMILES string of the molecule is CCCCCN1C(=O)C(=O)/C(=C(/O)c2cc(Cl)c(OC)c(Cl)c2OC)C1c1cccc(OC(C)C)c1. The summed E-state index contributed by atoms with van der Waals surface area (Å²) in [6, 6.07) is 7.75. The lowest BCUT2D eigenvalue weighted by molar-refractivity contribution is -0.139. The molecule has 0 aromatic heterocycles. The van der Waals surface area contributed by atoms with Gasteiger partial charge in [-0.05, 0) is 44.0 Å².